The van der Waals surface area contributed by atoms with Gasteiger partial charge in [-0.05, 0) is 32.0 Å². The molecule has 0 aliphatic rings. The van der Waals surface area contributed by atoms with E-state index in [0.717, 1.165) is 33.7 Å². The fraction of sp³-hybridized carbons (Fsp3) is 0.105. The first-order valence-electron chi connectivity index (χ1n) is 7.83. The highest BCUT2D eigenvalue weighted by atomic mass is 15.3. The minimum atomic E-state index is 0.711. The van der Waals surface area contributed by atoms with E-state index in [9.17, 15) is 0 Å². The summed E-state index contributed by atoms with van der Waals surface area (Å²) in [5, 5.41) is 14.6. The maximum atomic E-state index is 4.52. The molecule has 0 atom stereocenters. The topological polar surface area (TPSA) is 58.3 Å². The van der Waals surface area contributed by atoms with E-state index in [1.165, 1.54) is 0 Å². The van der Waals surface area contributed by atoms with Gasteiger partial charge in [-0.2, -0.15) is 5.10 Å². The SMILES string of the molecule is Cc1cc(N=Nc2c(C)[nH]c3ccccc23)n(-c2ccccc2)n1. The fourth-order valence-electron chi connectivity index (χ4n) is 2.81. The second-order valence-electron chi connectivity index (χ2n) is 5.74. The Hall–Kier alpha value is -3.21. The van der Waals surface area contributed by atoms with Gasteiger partial charge in [0.15, 0.2) is 5.82 Å². The van der Waals surface area contributed by atoms with Crippen molar-refractivity contribution in [3.63, 3.8) is 0 Å². The van der Waals surface area contributed by atoms with Gasteiger partial charge in [0.05, 0.1) is 11.4 Å². The first-order valence-corrected chi connectivity index (χ1v) is 7.83. The zero-order valence-electron chi connectivity index (χ0n) is 13.6. The molecule has 1 N–H and O–H groups in total. The van der Waals surface area contributed by atoms with Crippen LogP contribution < -0.4 is 0 Å². The molecule has 0 saturated carbocycles. The van der Waals surface area contributed by atoms with Crippen molar-refractivity contribution in [2.45, 2.75) is 13.8 Å². The Morgan fingerprint density at radius 1 is 0.917 bits per heavy atom. The molecule has 5 nitrogen and oxygen atoms in total. The number of rotatable bonds is 3. The highest BCUT2D eigenvalue weighted by Gasteiger charge is 2.09. The normalized spacial score (nSPS) is 11.6. The van der Waals surface area contributed by atoms with Gasteiger partial charge in [-0.3, -0.25) is 0 Å². The summed E-state index contributed by atoms with van der Waals surface area (Å²) < 4.78 is 1.81. The van der Waals surface area contributed by atoms with E-state index in [1.54, 1.807) is 0 Å². The van der Waals surface area contributed by atoms with Gasteiger partial charge >= 0.3 is 0 Å². The van der Waals surface area contributed by atoms with Crippen LogP contribution in [0.3, 0.4) is 0 Å². The summed E-state index contributed by atoms with van der Waals surface area (Å²) in [6.45, 7) is 3.96. The van der Waals surface area contributed by atoms with Crippen molar-refractivity contribution < 1.29 is 0 Å². The molecular formula is C19H17N5. The third-order valence-electron chi connectivity index (χ3n) is 3.93. The van der Waals surface area contributed by atoms with Crippen LogP contribution in [0.2, 0.25) is 0 Å². The molecule has 0 saturated heterocycles. The predicted octanol–water partition coefficient (Wildman–Crippen LogP) is 5.39. The van der Waals surface area contributed by atoms with Crippen molar-refractivity contribution in [1.29, 1.82) is 0 Å². The molecule has 0 spiro atoms. The van der Waals surface area contributed by atoms with Crippen molar-refractivity contribution in [2.75, 3.05) is 0 Å². The van der Waals surface area contributed by atoms with E-state index in [1.807, 2.05) is 79.2 Å². The number of hydrogen-bond acceptors (Lipinski definition) is 3. The molecule has 0 bridgehead atoms. The Morgan fingerprint density at radius 2 is 1.67 bits per heavy atom. The standard InChI is InChI=1S/C19H17N5/c1-13-12-18(24(23-13)15-8-4-3-5-9-15)21-22-19-14(2)20-17-11-7-6-10-16(17)19/h3-12,20H,1-2H3. The monoisotopic (exact) mass is 315 g/mol. The molecule has 2 heterocycles. The van der Waals surface area contributed by atoms with Crippen LogP contribution in [0.15, 0.2) is 70.9 Å². The van der Waals surface area contributed by atoms with E-state index >= 15 is 0 Å². The van der Waals surface area contributed by atoms with Gasteiger partial charge in [0.1, 0.15) is 5.69 Å². The van der Waals surface area contributed by atoms with E-state index in [4.69, 9.17) is 0 Å². The van der Waals surface area contributed by atoms with Gasteiger partial charge in [0.2, 0.25) is 0 Å². The Kier molecular flexibility index (Phi) is 3.46. The smallest absolute Gasteiger partial charge is 0.178 e. The molecule has 24 heavy (non-hydrogen) atoms. The van der Waals surface area contributed by atoms with Gasteiger partial charge < -0.3 is 4.98 Å². The zero-order chi connectivity index (χ0) is 16.5. The highest BCUT2D eigenvalue weighted by Crippen LogP contribution is 2.31. The summed E-state index contributed by atoms with van der Waals surface area (Å²) in [5.41, 5.74) is 4.81. The minimum Gasteiger partial charge on any atom is -0.357 e. The molecule has 2 aromatic carbocycles. The Labute approximate surface area is 139 Å². The van der Waals surface area contributed by atoms with E-state index in [0.29, 0.717) is 5.82 Å². The number of aromatic nitrogens is 3. The summed E-state index contributed by atoms with van der Waals surface area (Å²) in [4.78, 5) is 3.34. The maximum Gasteiger partial charge on any atom is 0.178 e. The number of fused-ring (bicyclic) bond motifs is 1. The second-order valence-corrected chi connectivity index (χ2v) is 5.74. The summed E-state index contributed by atoms with van der Waals surface area (Å²) in [6.07, 6.45) is 0. The summed E-state index contributed by atoms with van der Waals surface area (Å²) >= 11 is 0. The predicted molar refractivity (Wildman–Crippen MR) is 95.5 cm³/mol. The van der Waals surface area contributed by atoms with Gasteiger partial charge in [-0.25, -0.2) is 4.68 Å². The van der Waals surface area contributed by atoms with Crippen molar-refractivity contribution >= 4 is 22.4 Å². The molecule has 4 aromatic rings. The van der Waals surface area contributed by atoms with E-state index < -0.39 is 0 Å². The van der Waals surface area contributed by atoms with Crippen molar-refractivity contribution in [3.05, 3.63) is 72.1 Å². The lowest BCUT2D eigenvalue weighted by molar-refractivity contribution is 0.854. The molecular weight excluding hydrogens is 298 g/mol. The molecule has 0 radical (unpaired) electrons. The number of para-hydroxylation sites is 2. The zero-order valence-corrected chi connectivity index (χ0v) is 13.6. The summed E-state index contributed by atoms with van der Waals surface area (Å²) in [7, 11) is 0. The molecule has 2 aromatic heterocycles. The van der Waals surface area contributed by atoms with Crippen molar-refractivity contribution in [1.82, 2.24) is 14.8 Å². The van der Waals surface area contributed by atoms with Crippen molar-refractivity contribution in [2.24, 2.45) is 10.2 Å². The number of azo groups is 1. The first-order chi connectivity index (χ1) is 11.7. The highest BCUT2D eigenvalue weighted by molar-refractivity contribution is 5.92. The number of aryl methyl sites for hydroxylation is 2. The number of hydrogen-bond donors (Lipinski definition) is 1. The molecule has 118 valence electrons. The van der Waals surface area contributed by atoms with Crippen LogP contribution in [0.1, 0.15) is 11.4 Å². The number of nitrogens with one attached hydrogen (secondary N) is 1. The van der Waals surface area contributed by atoms with Crippen LogP contribution in [-0.2, 0) is 0 Å². The van der Waals surface area contributed by atoms with E-state index in [-0.39, 0.29) is 0 Å². The molecule has 5 heteroatoms. The Morgan fingerprint density at radius 3 is 2.50 bits per heavy atom. The van der Waals surface area contributed by atoms with Crippen LogP contribution in [0, 0.1) is 13.8 Å². The third-order valence-corrected chi connectivity index (χ3v) is 3.93. The minimum absolute atomic E-state index is 0.711. The lowest BCUT2D eigenvalue weighted by atomic mass is 10.2. The van der Waals surface area contributed by atoms with Gasteiger partial charge in [-0.15, -0.1) is 10.2 Å². The molecule has 0 unspecified atom stereocenters. The van der Waals surface area contributed by atoms with Crippen LogP contribution in [0.25, 0.3) is 16.6 Å². The number of nitrogens with zero attached hydrogens (tertiary/aromatic N) is 4. The molecule has 0 fully saturated rings. The number of benzene rings is 2. The van der Waals surface area contributed by atoms with Crippen LogP contribution >= 0.6 is 0 Å². The molecule has 0 aliphatic heterocycles. The largest absolute Gasteiger partial charge is 0.357 e. The number of H-pyrrole nitrogens is 1. The molecule has 0 amide bonds. The van der Waals surface area contributed by atoms with Crippen LogP contribution in [-0.4, -0.2) is 14.8 Å². The lowest BCUT2D eigenvalue weighted by Crippen LogP contribution is -1.95. The molecule has 0 aliphatic carbocycles. The first kappa shape index (κ1) is 14.4. The fourth-order valence-corrected chi connectivity index (χ4v) is 2.81. The quantitative estimate of drug-likeness (QED) is 0.506. The van der Waals surface area contributed by atoms with Gasteiger partial charge in [-0.1, -0.05) is 36.4 Å². The van der Waals surface area contributed by atoms with Crippen molar-refractivity contribution in [3.8, 4) is 5.69 Å². The van der Waals surface area contributed by atoms with Gasteiger partial charge in [0.25, 0.3) is 0 Å². The average molecular weight is 315 g/mol. The number of aromatic amines is 1. The maximum absolute atomic E-state index is 4.52. The van der Waals surface area contributed by atoms with Gasteiger partial charge in [0, 0.05) is 22.7 Å². The molecule has 4 rings (SSSR count). The second kappa shape index (κ2) is 5.77. The van der Waals surface area contributed by atoms with Crippen LogP contribution in [0.4, 0.5) is 11.5 Å². The summed E-state index contributed by atoms with van der Waals surface area (Å²) in [6, 6.07) is 20.0. The Bertz CT molecular complexity index is 1020. The average Bonchev–Trinajstić information content (AvgIpc) is 3.13. The van der Waals surface area contributed by atoms with Crippen LogP contribution in [0.5, 0.6) is 0 Å². The lowest BCUT2D eigenvalue weighted by Gasteiger charge is -2.02. The third kappa shape index (κ3) is 2.50. The Balaban J connectivity index is 1.78. The van der Waals surface area contributed by atoms with E-state index in [2.05, 4.69) is 20.3 Å². The summed E-state index contributed by atoms with van der Waals surface area (Å²) in [5.74, 6) is 0.711.